The van der Waals surface area contributed by atoms with Gasteiger partial charge >= 0.3 is 0 Å². The molecule has 0 N–H and O–H groups in total. The number of nitriles is 1. The molecular weight excluding hydrogens is 669 g/mol. The topological polar surface area (TPSA) is 62.5 Å². The van der Waals surface area contributed by atoms with Crippen molar-refractivity contribution in [3.05, 3.63) is 151 Å². The molecule has 266 valence electrons. The van der Waals surface area contributed by atoms with Crippen LogP contribution in [-0.4, -0.2) is 15.0 Å². The van der Waals surface area contributed by atoms with Crippen LogP contribution in [0.2, 0.25) is 0 Å². The van der Waals surface area contributed by atoms with E-state index >= 15 is 0 Å². The molecule has 2 unspecified atom stereocenters. The molecule has 2 aliphatic carbocycles. The maximum Gasteiger partial charge on any atom is 0.164 e. The third-order valence-electron chi connectivity index (χ3n) is 12.5. The Morgan fingerprint density at radius 2 is 1.00 bits per heavy atom. The van der Waals surface area contributed by atoms with E-state index in [4.69, 9.17) is 15.0 Å². The number of rotatable bonds is 5. The molecule has 8 aromatic rings. The number of hydrogen-bond donors (Lipinski definition) is 0. The van der Waals surface area contributed by atoms with Crippen LogP contribution in [0, 0.1) is 29.1 Å². The van der Waals surface area contributed by atoms with Gasteiger partial charge in [0.05, 0.1) is 11.6 Å². The van der Waals surface area contributed by atoms with E-state index < -0.39 is 0 Å². The Bertz CT molecular complexity index is 2770. The Morgan fingerprint density at radius 3 is 1.67 bits per heavy atom. The van der Waals surface area contributed by atoms with Crippen LogP contribution in [0.15, 0.2) is 140 Å². The minimum absolute atomic E-state index is 0.270. The van der Waals surface area contributed by atoms with Gasteiger partial charge in [-0.3, -0.25) is 0 Å². The van der Waals surface area contributed by atoms with Crippen molar-refractivity contribution in [3.63, 3.8) is 0 Å². The standard InChI is InChI=1S/C51H42N4/c1-32-23-35-24-33(2)29-51(28-32,30-35)45-19-16-39(17-20-45)49-53-48(38-11-8-37(9-12-38)41-13-10-36-5-3-4-6-40(36)26-41)54-50(55-49)44-18-22-47-43(27-44)15-14-42-25-34(31-52)7-21-46(42)47/h3-22,25-27,32-33,35H,23-24,28-30H2,1-2H3/t32-,33+,35?,51?. The first-order valence-corrected chi connectivity index (χ1v) is 19.7. The van der Waals surface area contributed by atoms with E-state index in [-0.39, 0.29) is 5.41 Å². The molecule has 7 aromatic carbocycles. The molecule has 2 fully saturated rings. The van der Waals surface area contributed by atoms with Crippen LogP contribution in [0.3, 0.4) is 0 Å². The molecule has 10 rings (SSSR count). The molecule has 4 atom stereocenters. The predicted molar refractivity (Wildman–Crippen MR) is 225 cm³/mol. The lowest BCUT2D eigenvalue weighted by Crippen LogP contribution is -2.42. The smallest absolute Gasteiger partial charge is 0.164 e. The number of hydrogen-bond acceptors (Lipinski definition) is 4. The lowest BCUT2D eigenvalue weighted by molar-refractivity contribution is 0.0780. The van der Waals surface area contributed by atoms with Crippen molar-refractivity contribution in [2.24, 2.45) is 17.8 Å². The van der Waals surface area contributed by atoms with Gasteiger partial charge < -0.3 is 0 Å². The minimum Gasteiger partial charge on any atom is -0.208 e. The molecule has 2 aliphatic rings. The summed E-state index contributed by atoms with van der Waals surface area (Å²) in [6.45, 7) is 4.90. The lowest BCUT2D eigenvalue weighted by atomic mass is 9.54. The number of nitrogens with zero attached hydrogens (tertiary/aromatic N) is 4. The summed E-state index contributed by atoms with van der Waals surface area (Å²) >= 11 is 0. The van der Waals surface area contributed by atoms with Gasteiger partial charge in [0.1, 0.15) is 0 Å². The van der Waals surface area contributed by atoms with Crippen molar-refractivity contribution in [1.29, 1.82) is 5.26 Å². The van der Waals surface area contributed by atoms with Gasteiger partial charge in [-0.15, -0.1) is 0 Å². The first-order chi connectivity index (χ1) is 26.9. The molecule has 0 radical (unpaired) electrons. The van der Waals surface area contributed by atoms with Crippen molar-refractivity contribution >= 4 is 32.3 Å². The second-order valence-electron chi connectivity index (χ2n) is 16.5. The van der Waals surface area contributed by atoms with Crippen molar-refractivity contribution in [3.8, 4) is 51.4 Å². The number of fused-ring (bicyclic) bond motifs is 6. The molecule has 0 aliphatic heterocycles. The molecule has 0 spiro atoms. The Hall–Kier alpha value is -6.18. The normalized spacial score (nSPS) is 20.8. The summed E-state index contributed by atoms with van der Waals surface area (Å²) in [4.78, 5) is 15.4. The van der Waals surface area contributed by atoms with Crippen LogP contribution in [0.25, 0.3) is 77.6 Å². The first-order valence-electron chi connectivity index (χ1n) is 19.7. The van der Waals surface area contributed by atoms with Gasteiger partial charge in [0, 0.05) is 16.7 Å². The average molecular weight is 711 g/mol. The highest BCUT2D eigenvalue weighted by atomic mass is 15.0. The highest BCUT2D eigenvalue weighted by Gasteiger charge is 2.45. The van der Waals surface area contributed by atoms with Crippen LogP contribution in [0.5, 0.6) is 0 Å². The quantitative estimate of drug-likeness (QED) is 0.167. The minimum atomic E-state index is 0.270. The third kappa shape index (κ3) is 6.15. The number of benzene rings is 7. The summed E-state index contributed by atoms with van der Waals surface area (Å²) in [6.07, 6.45) is 6.61. The Balaban J connectivity index is 1.05. The van der Waals surface area contributed by atoms with Crippen LogP contribution in [0.1, 0.15) is 57.1 Å². The molecule has 1 heterocycles. The summed E-state index contributed by atoms with van der Waals surface area (Å²) in [6, 6.07) is 51.7. The molecular formula is C51H42N4. The van der Waals surface area contributed by atoms with E-state index in [0.717, 1.165) is 61.6 Å². The Labute approximate surface area is 322 Å². The summed E-state index contributed by atoms with van der Waals surface area (Å²) in [7, 11) is 0. The van der Waals surface area contributed by atoms with Gasteiger partial charge in [0.2, 0.25) is 0 Å². The van der Waals surface area contributed by atoms with Gasteiger partial charge in [0.25, 0.3) is 0 Å². The van der Waals surface area contributed by atoms with Gasteiger partial charge in [0.15, 0.2) is 17.5 Å². The van der Waals surface area contributed by atoms with E-state index in [1.807, 2.05) is 18.2 Å². The fourth-order valence-corrected chi connectivity index (χ4v) is 10.3. The number of aromatic nitrogens is 3. The van der Waals surface area contributed by atoms with Crippen LogP contribution in [-0.2, 0) is 5.41 Å². The fourth-order valence-electron chi connectivity index (χ4n) is 10.3. The molecule has 55 heavy (non-hydrogen) atoms. The van der Waals surface area contributed by atoms with E-state index in [2.05, 4.69) is 141 Å². The zero-order valence-corrected chi connectivity index (χ0v) is 31.3. The van der Waals surface area contributed by atoms with Crippen LogP contribution < -0.4 is 0 Å². The second-order valence-corrected chi connectivity index (χ2v) is 16.5. The SMILES string of the molecule is C[C@@H]1CC2C[C@H](C)CC(c3ccc(-c4nc(-c5ccc(-c6ccc7ccccc7c6)cc5)nc(-c5ccc6c(ccc7cc(C#N)ccc76)c5)n4)cc3)(C2)C1. The van der Waals surface area contributed by atoms with Gasteiger partial charge in [-0.1, -0.05) is 129 Å². The van der Waals surface area contributed by atoms with Gasteiger partial charge in [-0.25, -0.2) is 15.0 Å². The molecule has 1 aromatic heterocycles. The van der Waals surface area contributed by atoms with E-state index in [0.29, 0.717) is 23.0 Å². The predicted octanol–water partition coefficient (Wildman–Crippen LogP) is 13.0. The van der Waals surface area contributed by atoms with Crippen molar-refractivity contribution in [2.75, 3.05) is 0 Å². The van der Waals surface area contributed by atoms with E-state index in [1.165, 1.54) is 54.0 Å². The molecule has 2 bridgehead atoms. The molecule has 2 saturated carbocycles. The van der Waals surface area contributed by atoms with Crippen molar-refractivity contribution in [1.82, 2.24) is 15.0 Å². The summed E-state index contributed by atoms with van der Waals surface area (Å²) in [5.41, 5.74) is 7.63. The Morgan fingerprint density at radius 1 is 0.491 bits per heavy atom. The fraction of sp³-hybridized carbons (Fsp3) is 0.216. The van der Waals surface area contributed by atoms with Gasteiger partial charge in [-0.2, -0.15) is 5.26 Å². The molecule has 0 saturated heterocycles. The van der Waals surface area contributed by atoms with Crippen LogP contribution in [0.4, 0.5) is 0 Å². The largest absolute Gasteiger partial charge is 0.208 e. The molecule has 4 heteroatoms. The second kappa shape index (κ2) is 13.3. The average Bonchev–Trinajstić information content (AvgIpc) is 3.22. The zero-order valence-electron chi connectivity index (χ0n) is 31.3. The van der Waals surface area contributed by atoms with Crippen molar-refractivity contribution in [2.45, 2.75) is 51.4 Å². The molecule has 0 amide bonds. The summed E-state index contributed by atoms with van der Waals surface area (Å²) in [5.74, 6) is 4.35. The van der Waals surface area contributed by atoms with Gasteiger partial charge in [-0.05, 0) is 129 Å². The maximum absolute atomic E-state index is 9.44. The van der Waals surface area contributed by atoms with Crippen molar-refractivity contribution < 1.29 is 0 Å². The van der Waals surface area contributed by atoms with Crippen LogP contribution >= 0.6 is 0 Å². The zero-order chi connectivity index (χ0) is 37.1. The lowest BCUT2D eigenvalue weighted by Gasteiger charge is -2.50. The highest BCUT2D eigenvalue weighted by molar-refractivity contribution is 6.08. The third-order valence-corrected chi connectivity index (χ3v) is 12.5. The summed E-state index contributed by atoms with van der Waals surface area (Å²) < 4.78 is 0. The van der Waals surface area contributed by atoms with E-state index in [9.17, 15) is 5.26 Å². The molecule has 4 nitrogen and oxygen atoms in total. The highest BCUT2D eigenvalue weighted by Crippen LogP contribution is 2.54. The summed E-state index contributed by atoms with van der Waals surface area (Å²) in [5, 5.41) is 16.3. The first kappa shape index (κ1) is 33.4. The Kier molecular flexibility index (Phi) is 8.07. The van der Waals surface area contributed by atoms with E-state index in [1.54, 1.807) is 0 Å². The monoisotopic (exact) mass is 710 g/mol. The maximum atomic E-state index is 9.44.